The highest BCUT2D eigenvalue weighted by atomic mass is 16.6. The highest BCUT2D eigenvalue weighted by Crippen LogP contribution is 2.21. The van der Waals surface area contributed by atoms with Gasteiger partial charge in [-0.15, -0.1) is 0 Å². The fourth-order valence-electron chi connectivity index (χ4n) is 2.51. The molecule has 1 aromatic heterocycles. The van der Waals surface area contributed by atoms with Crippen LogP contribution in [0.5, 0.6) is 0 Å². The fraction of sp³-hybridized carbons (Fsp3) is 0.733. The second-order valence-corrected chi connectivity index (χ2v) is 6.84. The van der Waals surface area contributed by atoms with Gasteiger partial charge in [0.1, 0.15) is 5.60 Å². The summed E-state index contributed by atoms with van der Waals surface area (Å²) in [5, 5.41) is 6.47. The number of carbonyl (C=O) groups excluding carboxylic acids is 1. The molecule has 118 valence electrons. The van der Waals surface area contributed by atoms with E-state index >= 15 is 0 Å². The molecule has 0 aliphatic heterocycles. The minimum absolute atomic E-state index is 0.220. The Labute approximate surface area is 126 Å². The van der Waals surface area contributed by atoms with Crippen molar-refractivity contribution in [2.75, 3.05) is 0 Å². The molecule has 0 saturated heterocycles. The molecule has 0 spiro atoms. The van der Waals surface area contributed by atoms with Gasteiger partial charge in [-0.3, -0.25) is 0 Å². The summed E-state index contributed by atoms with van der Waals surface area (Å²) in [7, 11) is 0. The van der Waals surface area contributed by atoms with Crippen molar-refractivity contribution in [3.63, 3.8) is 0 Å². The van der Waals surface area contributed by atoms with E-state index in [0.29, 0.717) is 12.1 Å². The van der Waals surface area contributed by atoms with E-state index in [0.717, 1.165) is 19.4 Å². The van der Waals surface area contributed by atoms with Gasteiger partial charge in [-0.1, -0.05) is 0 Å². The molecule has 1 unspecified atom stereocenters. The third kappa shape index (κ3) is 5.38. The van der Waals surface area contributed by atoms with Crippen molar-refractivity contribution < 1.29 is 9.53 Å². The molecular weight excluding hydrogens is 268 g/mol. The maximum Gasteiger partial charge on any atom is 0.407 e. The summed E-state index contributed by atoms with van der Waals surface area (Å²) in [6, 6.07) is 1.06. The van der Waals surface area contributed by atoms with Gasteiger partial charge in [-0.25, -0.2) is 9.78 Å². The molecule has 1 saturated carbocycles. The Balaban J connectivity index is 1.62. The van der Waals surface area contributed by atoms with E-state index in [1.165, 1.54) is 0 Å². The summed E-state index contributed by atoms with van der Waals surface area (Å²) < 4.78 is 7.31. The zero-order valence-corrected chi connectivity index (χ0v) is 13.3. The van der Waals surface area contributed by atoms with Crippen LogP contribution in [0.1, 0.15) is 40.5 Å². The van der Waals surface area contributed by atoms with E-state index in [1.54, 1.807) is 6.20 Å². The Kier molecular flexibility index (Phi) is 4.88. The number of nitrogens with zero attached hydrogens (tertiary/aromatic N) is 2. The fourth-order valence-corrected chi connectivity index (χ4v) is 2.51. The van der Waals surface area contributed by atoms with Crippen LogP contribution in [0.3, 0.4) is 0 Å². The molecule has 2 rings (SSSR count). The third-order valence-electron chi connectivity index (χ3n) is 3.42. The predicted molar refractivity (Wildman–Crippen MR) is 81.0 cm³/mol. The predicted octanol–water partition coefficient (Wildman–Crippen LogP) is 1.92. The second kappa shape index (κ2) is 6.47. The Morgan fingerprint density at radius 1 is 1.43 bits per heavy atom. The zero-order valence-electron chi connectivity index (χ0n) is 13.3. The third-order valence-corrected chi connectivity index (χ3v) is 3.42. The van der Waals surface area contributed by atoms with Crippen molar-refractivity contribution in [1.29, 1.82) is 0 Å². The Morgan fingerprint density at radius 2 is 2.14 bits per heavy atom. The van der Waals surface area contributed by atoms with Crippen LogP contribution < -0.4 is 10.6 Å². The number of hydrogen-bond acceptors (Lipinski definition) is 4. The molecule has 1 aliphatic carbocycles. The Hall–Kier alpha value is -1.56. The van der Waals surface area contributed by atoms with Crippen LogP contribution in [0.4, 0.5) is 4.79 Å². The highest BCUT2D eigenvalue weighted by molar-refractivity contribution is 5.68. The van der Waals surface area contributed by atoms with E-state index in [1.807, 2.05) is 33.3 Å². The van der Waals surface area contributed by atoms with Crippen LogP contribution in [0.15, 0.2) is 18.7 Å². The van der Waals surface area contributed by atoms with Crippen molar-refractivity contribution in [2.45, 2.75) is 70.8 Å². The van der Waals surface area contributed by atoms with Crippen molar-refractivity contribution in [2.24, 2.45) is 0 Å². The lowest BCUT2D eigenvalue weighted by molar-refractivity contribution is 0.0463. The lowest BCUT2D eigenvalue weighted by atomic mass is 9.86. The summed E-state index contributed by atoms with van der Waals surface area (Å²) in [4.78, 5) is 15.7. The summed E-state index contributed by atoms with van der Waals surface area (Å²) in [6.45, 7) is 8.68. The first-order valence-electron chi connectivity index (χ1n) is 7.53. The number of hydrogen-bond donors (Lipinski definition) is 2. The number of imidazole rings is 1. The lowest BCUT2D eigenvalue weighted by Gasteiger charge is -2.38. The SMILES string of the molecule is CC(Cn1ccnc1)NC1CC(NC(=O)OC(C)(C)C)C1. The second-order valence-electron chi connectivity index (χ2n) is 6.84. The number of carbonyl (C=O) groups is 1. The van der Waals surface area contributed by atoms with Gasteiger partial charge in [0.25, 0.3) is 0 Å². The molecule has 1 heterocycles. The largest absolute Gasteiger partial charge is 0.444 e. The van der Waals surface area contributed by atoms with Gasteiger partial charge >= 0.3 is 6.09 Å². The van der Waals surface area contributed by atoms with Crippen molar-refractivity contribution in [3.8, 4) is 0 Å². The Bertz CT molecular complexity index is 447. The minimum atomic E-state index is -0.440. The topological polar surface area (TPSA) is 68.2 Å². The van der Waals surface area contributed by atoms with Crippen molar-refractivity contribution >= 4 is 6.09 Å². The molecule has 0 bridgehead atoms. The first-order chi connectivity index (χ1) is 9.82. The number of nitrogens with one attached hydrogen (secondary N) is 2. The van der Waals surface area contributed by atoms with Gasteiger partial charge < -0.3 is 19.9 Å². The van der Waals surface area contributed by atoms with Gasteiger partial charge in [-0.2, -0.15) is 0 Å². The average Bonchev–Trinajstić information content (AvgIpc) is 2.76. The van der Waals surface area contributed by atoms with Crippen LogP contribution in [0.2, 0.25) is 0 Å². The number of amides is 1. The molecular formula is C15H26N4O2. The van der Waals surface area contributed by atoms with E-state index in [2.05, 4.69) is 27.1 Å². The summed E-state index contributed by atoms with van der Waals surface area (Å²) in [5.74, 6) is 0. The molecule has 6 nitrogen and oxygen atoms in total. The quantitative estimate of drug-likeness (QED) is 0.870. The molecule has 1 aliphatic rings. The van der Waals surface area contributed by atoms with Gasteiger partial charge in [0.15, 0.2) is 0 Å². The molecule has 1 aromatic rings. The van der Waals surface area contributed by atoms with E-state index in [4.69, 9.17) is 4.74 Å². The molecule has 0 radical (unpaired) electrons. The zero-order chi connectivity index (χ0) is 15.5. The van der Waals surface area contributed by atoms with Crippen LogP contribution in [0.25, 0.3) is 0 Å². The number of rotatable bonds is 5. The first-order valence-corrected chi connectivity index (χ1v) is 7.53. The van der Waals surface area contributed by atoms with Crippen molar-refractivity contribution in [3.05, 3.63) is 18.7 Å². The summed E-state index contributed by atoms with van der Waals surface area (Å²) >= 11 is 0. The minimum Gasteiger partial charge on any atom is -0.444 e. The number of ether oxygens (including phenoxy) is 1. The van der Waals surface area contributed by atoms with Crippen LogP contribution in [0, 0.1) is 0 Å². The van der Waals surface area contributed by atoms with Gasteiger partial charge in [0.2, 0.25) is 0 Å². The van der Waals surface area contributed by atoms with Crippen LogP contribution in [-0.4, -0.2) is 39.4 Å². The lowest BCUT2D eigenvalue weighted by Crippen LogP contribution is -2.55. The Morgan fingerprint density at radius 3 is 2.71 bits per heavy atom. The van der Waals surface area contributed by atoms with E-state index in [-0.39, 0.29) is 12.1 Å². The molecule has 2 N–H and O–H groups in total. The normalized spacial score (nSPS) is 23.2. The molecule has 6 heteroatoms. The van der Waals surface area contributed by atoms with Gasteiger partial charge in [0, 0.05) is 37.1 Å². The molecule has 0 aromatic carbocycles. The summed E-state index contributed by atoms with van der Waals surface area (Å²) in [6.07, 6.45) is 7.16. The number of alkyl carbamates (subject to hydrolysis) is 1. The molecule has 1 fully saturated rings. The van der Waals surface area contributed by atoms with Crippen LogP contribution in [-0.2, 0) is 11.3 Å². The maximum absolute atomic E-state index is 11.6. The first kappa shape index (κ1) is 15.8. The van der Waals surface area contributed by atoms with E-state index < -0.39 is 5.60 Å². The maximum atomic E-state index is 11.6. The van der Waals surface area contributed by atoms with E-state index in [9.17, 15) is 4.79 Å². The monoisotopic (exact) mass is 294 g/mol. The molecule has 21 heavy (non-hydrogen) atoms. The number of aromatic nitrogens is 2. The van der Waals surface area contributed by atoms with Crippen molar-refractivity contribution in [1.82, 2.24) is 20.2 Å². The smallest absolute Gasteiger partial charge is 0.407 e. The van der Waals surface area contributed by atoms with Crippen LogP contribution >= 0.6 is 0 Å². The molecule has 1 amide bonds. The average molecular weight is 294 g/mol. The highest BCUT2D eigenvalue weighted by Gasteiger charge is 2.32. The summed E-state index contributed by atoms with van der Waals surface area (Å²) in [5.41, 5.74) is -0.440. The molecule has 1 atom stereocenters. The van der Waals surface area contributed by atoms with Gasteiger partial charge in [0.05, 0.1) is 6.33 Å². The standard InChI is InChI=1S/C15H26N4O2/c1-11(9-19-6-5-16-10-19)17-12-7-13(8-12)18-14(20)21-15(2,3)4/h5-6,10-13,17H,7-9H2,1-4H3,(H,18,20). The van der Waals surface area contributed by atoms with Gasteiger partial charge in [-0.05, 0) is 40.5 Å².